The van der Waals surface area contributed by atoms with Crippen LogP contribution in [0.15, 0.2) is 66.8 Å². The maximum absolute atomic E-state index is 13.8. The van der Waals surface area contributed by atoms with Gasteiger partial charge in [0.25, 0.3) is 0 Å². The van der Waals surface area contributed by atoms with Gasteiger partial charge in [0.15, 0.2) is 5.78 Å². The first-order valence-corrected chi connectivity index (χ1v) is 13.1. The number of methoxy groups -OCH3 is 1. The number of rotatable bonds is 8. The van der Waals surface area contributed by atoms with Crippen molar-refractivity contribution in [3.63, 3.8) is 0 Å². The highest BCUT2D eigenvalue weighted by atomic mass is 16.5. The van der Waals surface area contributed by atoms with Gasteiger partial charge in [-0.15, -0.1) is 0 Å². The molecule has 0 aromatic heterocycles. The Morgan fingerprint density at radius 3 is 2.58 bits per heavy atom. The molecule has 0 bridgehead atoms. The average molecular weight is 487 g/mol. The van der Waals surface area contributed by atoms with E-state index in [1.807, 2.05) is 62.4 Å². The molecule has 0 spiro atoms. The van der Waals surface area contributed by atoms with Crippen molar-refractivity contribution in [3.8, 4) is 5.75 Å². The third-order valence-electron chi connectivity index (χ3n) is 8.32. The Morgan fingerprint density at radius 2 is 1.92 bits per heavy atom. The van der Waals surface area contributed by atoms with E-state index in [-0.39, 0.29) is 29.3 Å². The zero-order chi connectivity index (χ0) is 25.9. The molecule has 0 saturated heterocycles. The highest BCUT2D eigenvalue weighted by Gasteiger charge is 2.51. The Morgan fingerprint density at radius 1 is 1.17 bits per heavy atom. The van der Waals surface area contributed by atoms with Crippen LogP contribution < -0.4 is 4.74 Å². The third kappa shape index (κ3) is 5.04. The minimum atomic E-state index is -0.645. The maximum atomic E-state index is 13.8. The van der Waals surface area contributed by atoms with Crippen LogP contribution in [-0.4, -0.2) is 25.3 Å². The van der Waals surface area contributed by atoms with Crippen LogP contribution in [0.2, 0.25) is 0 Å². The van der Waals surface area contributed by atoms with Gasteiger partial charge in [-0.2, -0.15) is 0 Å². The fourth-order valence-corrected chi connectivity index (χ4v) is 6.06. The average Bonchev–Trinajstić information content (AvgIpc) is 2.88. The van der Waals surface area contributed by atoms with Crippen LogP contribution >= 0.6 is 0 Å². The van der Waals surface area contributed by atoms with Crippen molar-refractivity contribution in [2.75, 3.05) is 13.7 Å². The van der Waals surface area contributed by atoms with E-state index in [0.29, 0.717) is 19.4 Å². The largest absolute Gasteiger partial charge is 0.497 e. The molecule has 2 aliphatic rings. The number of allylic oxidation sites excluding steroid dienone is 2. The topological polar surface area (TPSA) is 52.6 Å². The Bertz CT molecular complexity index is 1160. The predicted octanol–water partition coefficient (Wildman–Crippen LogP) is 7.09. The van der Waals surface area contributed by atoms with E-state index in [1.165, 1.54) is 0 Å². The highest BCUT2D eigenvalue weighted by Crippen LogP contribution is 2.51. The molecule has 4 atom stereocenters. The van der Waals surface area contributed by atoms with E-state index in [9.17, 15) is 9.59 Å². The van der Waals surface area contributed by atoms with Crippen molar-refractivity contribution in [1.29, 1.82) is 0 Å². The maximum Gasteiger partial charge on any atom is 0.166 e. The number of fused-ring (bicyclic) bond motifs is 1. The molecular weight excluding hydrogens is 448 g/mol. The first kappa shape index (κ1) is 25.9. The van der Waals surface area contributed by atoms with Gasteiger partial charge in [-0.05, 0) is 81.2 Å². The predicted molar refractivity (Wildman–Crippen MR) is 144 cm³/mol. The van der Waals surface area contributed by atoms with Gasteiger partial charge in [-0.25, -0.2) is 0 Å². The van der Waals surface area contributed by atoms with Crippen LogP contribution in [0.3, 0.4) is 0 Å². The summed E-state index contributed by atoms with van der Waals surface area (Å²) in [5.74, 6) is 1.81. The zero-order valence-corrected chi connectivity index (χ0v) is 22.0. The van der Waals surface area contributed by atoms with Gasteiger partial charge in [0.2, 0.25) is 0 Å². The third-order valence-corrected chi connectivity index (χ3v) is 8.32. The fraction of sp³-hybridized carbons (Fsp3) is 0.438. The van der Waals surface area contributed by atoms with Gasteiger partial charge in [0, 0.05) is 28.9 Å². The highest BCUT2D eigenvalue weighted by molar-refractivity contribution is 6.01. The minimum absolute atomic E-state index is 0.0573. The summed E-state index contributed by atoms with van der Waals surface area (Å²) in [7, 11) is 1.64. The lowest BCUT2D eigenvalue weighted by Gasteiger charge is -2.47. The van der Waals surface area contributed by atoms with Gasteiger partial charge < -0.3 is 9.47 Å². The van der Waals surface area contributed by atoms with E-state index in [0.717, 1.165) is 53.0 Å². The molecule has 0 amide bonds. The molecular formula is C32H38O4. The number of carbonyl (C=O) groups is 2. The van der Waals surface area contributed by atoms with E-state index in [4.69, 9.17) is 9.47 Å². The molecule has 0 radical (unpaired) electrons. The van der Waals surface area contributed by atoms with Crippen molar-refractivity contribution >= 4 is 17.3 Å². The Kier molecular flexibility index (Phi) is 7.82. The van der Waals surface area contributed by atoms with Crippen molar-refractivity contribution in [1.82, 2.24) is 0 Å². The fourth-order valence-electron chi connectivity index (χ4n) is 6.06. The molecule has 4 nitrogen and oxygen atoms in total. The normalized spacial score (nSPS) is 26.3. The molecule has 0 N–H and O–H groups in total. The Labute approximate surface area is 215 Å². The molecule has 190 valence electrons. The number of hydrogen-bond donors (Lipinski definition) is 0. The second kappa shape index (κ2) is 10.9. The smallest absolute Gasteiger partial charge is 0.166 e. The lowest BCUT2D eigenvalue weighted by atomic mass is 9.55. The molecule has 1 saturated carbocycles. The van der Waals surface area contributed by atoms with Gasteiger partial charge >= 0.3 is 0 Å². The number of Topliss-reactive ketones (excluding diaryl/α,β-unsaturated/α-hetero) is 2. The molecule has 4 rings (SSSR count). The van der Waals surface area contributed by atoms with E-state index >= 15 is 0 Å². The monoisotopic (exact) mass is 486 g/mol. The number of ketones is 2. The molecule has 0 aliphatic heterocycles. The van der Waals surface area contributed by atoms with Gasteiger partial charge in [-0.3, -0.25) is 9.59 Å². The van der Waals surface area contributed by atoms with E-state index in [1.54, 1.807) is 7.11 Å². The van der Waals surface area contributed by atoms with Gasteiger partial charge in [0.05, 0.1) is 13.7 Å². The lowest BCUT2D eigenvalue weighted by molar-refractivity contribution is -0.136. The summed E-state index contributed by atoms with van der Waals surface area (Å²) in [6, 6.07) is 15.7. The van der Waals surface area contributed by atoms with Gasteiger partial charge in [0.1, 0.15) is 17.3 Å². The second-order valence-electron chi connectivity index (χ2n) is 10.5. The van der Waals surface area contributed by atoms with Crippen LogP contribution in [0.25, 0.3) is 5.76 Å². The number of benzene rings is 2. The first-order valence-electron chi connectivity index (χ1n) is 13.1. The molecule has 4 heteroatoms. The standard InChI is InChI=1S/C32H38O4/c1-6-36-29(22-10-8-7-9-11-22)16-17-32(4)28(19-24(21(2)3)20-30(32)33)27-14-12-23-18-25(35-5)13-15-26(23)31(27)34/h7-11,13,15-16,18,24,27-28H,2,6,12,14,17,19-20H2,1,3-5H3/b29-16+/t24-,27-,28+,32-/m1/s1. The second-order valence-corrected chi connectivity index (χ2v) is 10.5. The summed E-state index contributed by atoms with van der Waals surface area (Å²) >= 11 is 0. The number of hydrogen-bond acceptors (Lipinski definition) is 4. The summed E-state index contributed by atoms with van der Waals surface area (Å²) in [5.41, 5.74) is 3.19. The molecule has 36 heavy (non-hydrogen) atoms. The van der Waals surface area contributed by atoms with Crippen molar-refractivity contribution in [3.05, 3.63) is 83.4 Å². The zero-order valence-electron chi connectivity index (χ0n) is 22.0. The van der Waals surface area contributed by atoms with Gasteiger partial charge in [-0.1, -0.05) is 49.4 Å². The van der Waals surface area contributed by atoms with Crippen molar-refractivity contribution < 1.29 is 19.1 Å². The van der Waals surface area contributed by atoms with Crippen LogP contribution in [0.4, 0.5) is 0 Å². The Hall–Kier alpha value is -3.14. The molecule has 1 fully saturated rings. The number of ether oxygens (including phenoxy) is 2. The van der Waals surface area contributed by atoms with Crippen LogP contribution in [0.5, 0.6) is 5.75 Å². The van der Waals surface area contributed by atoms with Crippen LogP contribution in [0.1, 0.15) is 67.9 Å². The quantitative estimate of drug-likeness (QED) is 0.295. The van der Waals surface area contributed by atoms with Crippen LogP contribution in [-0.2, 0) is 16.0 Å². The summed E-state index contributed by atoms with van der Waals surface area (Å²) in [5, 5.41) is 0. The molecule has 2 aromatic carbocycles. The summed E-state index contributed by atoms with van der Waals surface area (Å²) < 4.78 is 11.4. The summed E-state index contributed by atoms with van der Waals surface area (Å²) in [6.07, 6.45) is 5.46. The van der Waals surface area contributed by atoms with E-state index < -0.39 is 5.41 Å². The summed E-state index contributed by atoms with van der Waals surface area (Å²) in [4.78, 5) is 27.6. The molecule has 0 heterocycles. The number of carbonyl (C=O) groups excluding carboxylic acids is 2. The molecule has 2 aromatic rings. The Balaban J connectivity index is 1.70. The van der Waals surface area contributed by atoms with E-state index in [2.05, 4.69) is 19.6 Å². The van der Waals surface area contributed by atoms with Crippen molar-refractivity contribution in [2.24, 2.45) is 23.2 Å². The lowest BCUT2D eigenvalue weighted by Crippen LogP contribution is -2.48. The number of aryl methyl sites for hydroxylation is 1. The van der Waals surface area contributed by atoms with Crippen LogP contribution in [0, 0.1) is 23.2 Å². The molecule has 0 unspecified atom stereocenters. The summed E-state index contributed by atoms with van der Waals surface area (Å²) in [6.45, 7) is 10.8. The molecule has 2 aliphatic carbocycles. The minimum Gasteiger partial charge on any atom is -0.497 e. The van der Waals surface area contributed by atoms with Crippen molar-refractivity contribution in [2.45, 2.75) is 52.9 Å². The first-order chi connectivity index (χ1) is 17.3. The SMILES string of the molecule is C=C(C)[C@H]1CC(=O)[C@](C)(C/C=C(/OCC)c2ccccc2)[C@H]([C@H]2CCc3cc(OC)ccc3C2=O)C1.